The van der Waals surface area contributed by atoms with Crippen LogP contribution in [0.5, 0.6) is 0 Å². The Morgan fingerprint density at radius 2 is 2.21 bits per heavy atom. The van der Waals surface area contributed by atoms with Gasteiger partial charge in [0.05, 0.1) is 12.3 Å². The van der Waals surface area contributed by atoms with Crippen LogP contribution in [0, 0.1) is 0 Å². The summed E-state index contributed by atoms with van der Waals surface area (Å²) in [4.78, 5) is 27.1. The van der Waals surface area contributed by atoms with E-state index in [1.165, 1.54) is 9.69 Å². The molecule has 0 bridgehead atoms. The molecule has 1 atom stereocenters. The first kappa shape index (κ1) is 18.8. The summed E-state index contributed by atoms with van der Waals surface area (Å²) >= 11 is 1.14. The molecule has 2 heterocycles. The lowest BCUT2D eigenvalue weighted by Gasteiger charge is -2.33. The molecule has 1 aliphatic heterocycles. The second kappa shape index (κ2) is 8.04. The Hall–Kier alpha value is -1.52. The maximum absolute atomic E-state index is 12.4. The van der Waals surface area contributed by atoms with E-state index in [0.29, 0.717) is 24.4 Å². The molecule has 1 unspecified atom stereocenters. The maximum atomic E-state index is 12.4. The van der Waals surface area contributed by atoms with Crippen molar-refractivity contribution in [3.05, 3.63) is 16.1 Å². The van der Waals surface area contributed by atoms with Crippen molar-refractivity contribution in [3.8, 4) is 0 Å². The minimum absolute atomic E-state index is 0.0330. The second-order valence-electron chi connectivity index (χ2n) is 5.59. The van der Waals surface area contributed by atoms with E-state index in [4.69, 9.17) is 5.11 Å². The third-order valence-electron chi connectivity index (χ3n) is 3.76. The number of amides is 1. The van der Waals surface area contributed by atoms with Gasteiger partial charge in [-0.2, -0.15) is 4.31 Å². The molecule has 0 saturated carbocycles. The molecule has 1 aliphatic rings. The van der Waals surface area contributed by atoms with Gasteiger partial charge in [0.15, 0.2) is 5.69 Å². The highest BCUT2D eigenvalue weighted by Crippen LogP contribution is 2.21. The van der Waals surface area contributed by atoms with Crippen LogP contribution in [0.1, 0.15) is 48.1 Å². The zero-order valence-corrected chi connectivity index (χ0v) is 15.0. The summed E-state index contributed by atoms with van der Waals surface area (Å²) in [6.07, 6.45) is 2.55. The van der Waals surface area contributed by atoms with Crippen LogP contribution in [-0.4, -0.2) is 53.0 Å². The average molecular weight is 375 g/mol. The molecule has 134 valence electrons. The highest BCUT2D eigenvalue weighted by Gasteiger charge is 2.36. The van der Waals surface area contributed by atoms with Crippen molar-refractivity contribution in [1.29, 1.82) is 0 Å². The van der Waals surface area contributed by atoms with Gasteiger partial charge in [-0.25, -0.2) is 18.2 Å². The average Bonchev–Trinajstić information content (AvgIpc) is 3.02. The summed E-state index contributed by atoms with van der Waals surface area (Å²) in [7, 11) is -3.44. The summed E-state index contributed by atoms with van der Waals surface area (Å²) in [5.41, 5.74) is -0.0611. The molecule has 1 saturated heterocycles. The SMILES string of the molecule is CCCS(=O)(=O)N1CCCCC1C(=O)NCc1nc(C(=O)O)cs1. The maximum Gasteiger partial charge on any atom is 0.355 e. The molecule has 8 nitrogen and oxygen atoms in total. The van der Waals surface area contributed by atoms with Crippen molar-refractivity contribution < 1.29 is 23.1 Å². The number of hydrogen-bond donors (Lipinski definition) is 2. The molecule has 0 aromatic carbocycles. The van der Waals surface area contributed by atoms with Crippen molar-refractivity contribution in [3.63, 3.8) is 0 Å². The number of carboxylic acids is 1. The Morgan fingerprint density at radius 3 is 2.83 bits per heavy atom. The molecular formula is C14H21N3O5S2. The first-order chi connectivity index (χ1) is 11.3. The molecule has 1 aromatic rings. The van der Waals surface area contributed by atoms with Gasteiger partial charge >= 0.3 is 5.97 Å². The molecule has 0 spiro atoms. The zero-order valence-electron chi connectivity index (χ0n) is 13.4. The van der Waals surface area contributed by atoms with Gasteiger partial charge in [-0.15, -0.1) is 11.3 Å². The number of aromatic nitrogens is 1. The normalized spacial score (nSPS) is 19.1. The fourth-order valence-electron chi connectivity index (χ4n) is 2.65. The number of piperidine rings is 1. The number of rotatable bonds is 7. The number of aromatic carboxylic acids is 1. The van der Waals surface area contributed by atoms with E-state index >= 15 is 0 Å². The zero-order chi connectivity index (χ0) is 17.7. The van der Waals surface area contributed by atoms with Crippen LogP contribution in [0.3, 0.4) is 0 Å². The Bertz CT molecular complexity index is 701. The van der Waals surface area contributed by atoms with E-state index < -0.39 is 22.0 Å². The fraction of sp³-hybridized carbons (Fsp3) is 0.643. The fourth-order valence-corrected chi connectivity index (χ4v) is 5.10. The summed E-state index contributed by atoms with van der Waals surface area (Å²) in [6.45, 7) is 2.24. The lowest BCUT2D eigenvalue weighted by molar-refractivity contribution is -0.125. The summed E-state index contributed by atoms with van der Waals surface area (Å²) in [6, 6.07) is -0.700. The molecule has 2 rings (SSSR count). The van der Waals surface area contributed by atoms with Crippen LogP contribution in [0.4, 0.5) is 0 Å². The largest absolute Gasteiger partial charge is 0.476 e. The number of thiazole rings is 1. The molecule has 1 aromatic heterocycles. The second-order valence-corrected chi connectivity index (χ2v) is 8.57. The van der Waals surface area contributed by atoms with Gasteiger partial charge in [0.1, 0.15) is 11.0 Å². The van der Waals surface area contributed by atoms with Crippen LogP contribution in [0.2, 0.25) is 0 Å². The van der Waals surface area contributed by atoms with Crippen LogP contribution in [0.25, 0.3) is 0 Å². The molecule has 24 heavy (non-hydrogen) atoms. The third kappa shape index (κ3) is 4.52. The highest BCUT2D eigenvalue weighted by atomic mass is 32.2. The molecule has 0 aliphatic carbocycles. The molecular weight excluding hydrogens is 354 g/mol. The summed E-state index contributed by atoms with van der Waals surface area (Å²) < 4.78 is 26.0. The van der Waals surface area contributed by atoms with Gasteiger partial charge in [-0.05, 0) is 19.3 Å². The number of sulfonamides is 1. The number of carboxylic acid groups (broad SMARTS) is 1. The highest BCUT2D eigenvalue weighted by molar-refractivity contribution is 7.89. The van der Waals surface area contributed by atoms with Crippen molar-refractivity contribution in [2.45, 2.75) is 45.2 Å². The van der Waals surface area contributed by atoms with Gasteiger partial charge in [-0.1, -0.05) is 13.3 Å². The summed E-state index contributed by atoms with van der Waals surface area (Å²) in [5, 5.41) is 13.4. The van der Waals surface area contributed by atoms with E-state index in [-0.39, 0.29) is 23.9 Å². The van der Waals surface area contributed by atoms with Crippen LogP contribution in [-0.2, 0) is 21.4 Å². The third-order valence-corrected chi connectivity index (χ3v) is 6.69. The van der Waals surface area contributed by atoms with E-state index in [2.05, 4.69) is 10.3 Å². The monoisotopic (exact) mass is 375 g/mol. The minimum atomic E-state index is -3.44. The van der Waals surface area contributed by atoms with Crippen molar-refractivity contribution >= 4 is 33.2 Å². The van der Waals surface area contributed by atoms with Gasteiger partial charge in [0, 0.05) is 11.9 Å². The van der Waals surface area contributed by atoms with Crippen molar-refractivity contribution in [2.24, 2.45) is 0 Å². The molecule has 1 fully saturated rings. The van der Waals surface area contributed by atoms with E-state index in [1.54, 1.807) is 6.92 Å². The smallest absolute Gasteiger partial charge is 0.355 e. The van der Waals surface area contributed by atoms with Crippen LogP contribution >= 0.6 is 11.3 Å². The van der Waals surface area contributed by atoms with Gasteiger partial charge in [0.2, 0.25) is 15.9 Å². The van der Waals surface area contributed by atoms with Crippen LogP contribution < -0.4 is 5.32 Å². The first-order valence-corrected chi connectivity index (χ1v) is 10.3. The summed E-state index contributed by atoms with van der Waals surface area (Å²) in [5.74, 6) is -1.44. The Balaban J connectivity index is 2.01. The first-order valence-electron chi connectivity index (χ1n) is 7.80. The van der Waals surface area contributed by atoms with Gasteiger partial charge in [-0.3, -0.25) is 4.79 Å². The predicted octanol–water partition coefficient (Wildman–Crippen LogP) is 1.05. The standard InChI is InChI=1S/C14H21N3O5S2/c1-2-7-24(21,22)17-6-4-3-5-11(17)13(18)15-8-12-16-10(9-23-12)14(19)20/h9,11H,2-8H2,1H3,(H,15,18)(H,19,20). The Kier molecular flexibility index (Phi) is 6.30. The number of carbonyl (C=O) groups excluding carboxylic acids is 1. The van der Waals surface area contributed by atoms with E-state index in [0.717, 1.165) is 24.2 Å². The topological polar surface area (TPSA) is 117 Å². The number of nitrogens with zero attached hydrogens (tertiary/aromatic N) is 2. The lowest BCUT2D eigenvalue weighted by atomic mass is 10.0. The molecule has 10 heteroatoms. The quantitative estimate of drug-likeness (QED) is 0.736. The van der Waals surface area contributed by atoms with Crippen molar-refractivity contribution in [1.82, 2.24) is 14.6 Å². The van der Waals surface area contributed by atoms with Gasteiger partial charge in [0.25, 0.3) is 0 Å². The molecule has 1 amide bonds. The number of nitrogens with one attached hydrogen (secondary N) is 1. The molecule has 2 N–H and O–H groups in total. The van der Waals surface area contributed by atoms with E-state index in [1.807, 2.05) is 0 Å². The number of hydrogen-bond acceptors (Lipinski definition) is 6. The minimum Gasteiger partial charge on any atom is -0.476 e. The van der Waals surface area contributed by atoms with Crippen molar-refractivity contribution in [2.75, 3.05) is 12.3 Å². The van der Waals surface area contributed by atoms with E-state index in [9.17, 15) is 18.0 Å². The lowest BCUT2D eigenvalue weighted by Crippen LogP contribution is -2.52. The van der Waals surface area contributed by atoms with Gasteiger partial charge < -0.3 is 10.4 Å². The predicted molar refractivity (Wildman–Crippen MR) is 89.3 cm³/mol. The molecule has 0 radical (unpaired) electrons. The Labute approximate surface area is 144 Å². The number of carbonyl (C=O) groups is 2. The van der Waals surface area contributed by atoms with Crippen LogP contribution in [0.15, 0.2) is 5.38 Å². The Morgan fingerprint density at radius 1 is 1.46 bits per heavy atom.